The van der Waals surface area contributed by atoms with Crippen molar-refractivity contribution in [2.45, 2.75) is 18.4 Å². The van der Waals surface area contributed by atoms with Gasteiger partial charge in [-0.05, 0) is 17.9 Å². The van der Waals surface area contributed by atoms with E-state index in [1.807, 2.05) is 11.8 Å². The summed E-state index contributed by atoms with van der Waals surface area (Å²) in [5, 5.41) is 0. The highest BCUT2D eigenvalue weighted by Gasteiger charge is 2.16. The Morgan fingerprint density at radius 2 is 2.12 bits per heavy atom. The molecule has 0 aromatic heterocycles. The molecular formula is C13H20N2OS. The molecule has 2 N–H and O–H groups in total. The number of nitrogens with two attached hydrogens (primary N) is 1. The topological polar surface area (TPSA) is 38.5 Å². The summed E-state index contributed by atoms with van der Waals surface area (Å²) < 4.78 is 5.39. The van der Waals surface area contributed by atoms with E-state index < -0.39 is 0 Å². The molecule has 4 heteroatoms. The van der Waals surface area contributed by atoms with Gasteiger partial charge < -0.3 is 15.4 Å². The fourth-order valence-corrected chi connectivity index (χ4v) is 3.00. The van der Waals surface area contributed by atoms with Gasteiger partial charge in [0.15, 0.2) is 0 Å². The summed E-state index contributed by atoms with van der Waals surface area (Å²) in [7, 11) is 0. The van der Waals surface area contributed by atoms with E-state index in [0.717, 1.165) is 32.1 Å². The van der Waals surface area contributed by atoms with Crippen molar-refractivity contribution < 1.29 is 4.74 Å². The second-order valence-electron chi connectivity index (χ2n) is 3.99. The lowest BCUT2D eigenvalue weighted by atomic mass is 10.1. The molecule has 1 aromatic carbocycles. The lowest BCUT2D eigenvalue weighted by Crippen LogP contribution is -2.37. The summed E-state index contributed by atoms with van der Waals surface area (Å²) in [5.74, 6) is 1.08. The van der Waals surface area contributed by atoms with Gasteiger partial charge in [-0.3, -0.25) is 0 Å². The van der Waals surface area contributed by atoms with Crippen LogP contribution in [0.1, 0.15) is 12.5 Å². The van der Waals surface area contributed by atoms with E-state index in [4.69, 9.17) is 10.5 Å². The highest BCUT2D eigenvalue weighted by atomic mass is 32.2. The lowest BCUT2D eigenvalue weighted by molar-refractivity contribution is 0.122. The number of ether oxygens (including phenoxy) is 1. The zero-order valence-electron chi connectivity index (χ0n) is 10.3. The molecule has 0 atom stereocenters. The van der Waals surface area contributed by atoms with Gasteiger partial charge in [-0.1, -0.05) is 13.0 Å². The molecule has 0 unspecified atom stereocenters. The van der Waals surface area contributed by atoms with Crippen LogP contribution < -0.4 is 10.6 Å². The third kappa shape index (κ3) is 2.94. The van der Waals surface area contributed by atoms with Gasteiger partial charge in [0.25, 0.3) is 0 Å². The van der Waals surface area contributed by atoms with E-state index in [9.17, 15) is 0 Å². The van der Waals surface area contributed by atoms with E-state index in [2.05, 4.69) is 30.0 Å². The monoisotopic (exact) mass is 252 g/mol. The molecule has 1 fully saturated rings. The van der Waals surface area contributed by atoms with Gasteiger partial charge in [0.05, 0.1) is 13.2 Å². The van der Waals surface area contributed by atoms with Crippen LogP contribution in [0.15, 0.2) is 23.1 Å². The van der Waals surface area contributed by atoms with Crippen molar-refractivity contribution in [3.8, 4) is 0 Å². The third-order valence-corrected chi connectivity index (χ3v) is 3.95. The second-order valence-corrected chi connectivity index (χ2v) is 5.30. The molecule has 1 aliphatic heterocycles. The largest absolute Gasteiger partial charge is 0.378 e. The van der Waals surface area contributed by atoms with Gasteiger partial charge in [-0.15, -0.1) is 11.8 Å². The molecule has 17 heavy (non-hydrogen) atoms. The molecule has 1 heterocycles. The van der Waals surface area contributed by atoms with Crippen LogP contribution in [0.2, 0.25) is 0 Å². The van der Waals surface area contributed by atoms with Gasteiger partial charge in [-0.25, -0.2) is 0 Å². The molecule has 0 spiro atoms. The van der Waals surface area contributed by atoms with Gasteiger partial charge in [0.2, 0.25) is 0 Å². The maximum atomic E-state index is 5.92. The molecule has 94 valence electrons. The summed E-state index contributed by atoms with van der Waals surface area (Å²) in [6.45, 7) is 6.34. The van der Waals surface area contributed by atoms with Crippen LogP contribution in [0, 0.1) is 0 Å². The van der Waals surface area contributed by atoms with E-state index in [1.165, 1.54) is 16.1 Å². The molecule has 1 aliphatic rings. The van der Waals surface area contributed by atoms with Crippen LogP contribution in [0.4, 0.5) is 5.69 Å². The fraction of sp³-hybridized carbons (Fsp3) is 0.538. The number of nitrogens with zero attached hydrogens (tertiary/aromatic N) is 1. The SMILES string of the molecule is CCSc1cccc(N2CCOCC2)c1CN. The first kappa shape index (κ1) is 12.7. The number of morpholine rings is 1. The molecule has 0 amide bonds. The molecule has 0 saturated carbocycles. The lowest BCUT2D eigenvalue weighted by Gasteiger charge is -2.31. The normalized spacial score (nSPS) is 16.2. The number of anilines is 1. The van der Waals surface area contributed by atoms with Gasteiger partial charge in [0, 0.05) is 35.8 Å². The Bertz CT molecular complexity index is 364. The van der Waals surface area contributed by atoms with Gasteiger partial charge in [0.1, 0.15) is 0 Å². The second kappa shape index (κ2) is 6.28. The Morgan fingerprint density at radius 3 is 2.76 bits per heavy atom. The highest BCUT2D eigenvalue weighted by Crippen LogP contribution is 2.30. The van der Waals surface area contributed by atoms with E-state index in [0.29, 0.717) is 6.54 Å². The molecule has 0 radical (unpaired) electrons. The van der Waals surface area contributed by atoms with E-state index in [1.54, 1.807) is 0 Å². The van der Waals surface area contributed by atoms with Crippen molar-refractivity contribution >= 4 is 17.4 Å². The number of rotatable bonds is 4. The molecular weight excluding hydrogens is 232 g/mol. The van der Waals surface area contributed by atoms with Crippen LogP contribution >= 0.6 is 11.8 Å². The van der Waals surface area contributed by atoms with Crippen molar-refractivity contribution in [2.75, 3.05) is 37.0 Å². The zero-order chi connectivity index (χ0) is 12.1. The first-order chi connectivity index (χ1) is 8.36. The van der Waals surface area contributed by atoms with Gasteiger partial charge >= 0.3 is 0 Å². The standard InChI is InChI=1S/C13H20N2OS/c1-2-17-13-5-3-4-12(11(13)10-14)15-6-8-16-9-7-15/h3-5H,2,6-10,14H2,1H3. The van der Waals surface area contributed by atoms with E-state index >= 15 is 0 Å². The smallest absolute Gasteiger partial charge is 0.0642 e. The first-order valence-corrected chi connectivity index (χ1v) is 7.12. The predicted octanol–water partition coefficient (Wildman–Crippen LogP) is 2.09. The highest BCUT2D eigenvalue weighted by molar-refractivity contribution is 7.99. The number of thioether (sulfide) groups is 1. The Kier molecular flexibility index (Phi) is 4.71. The minimum atomic E-state index is 0.607. The Morgan fingerprint density at radius 1 is 1.35 bits per heavy atom. The molecule has 0 aliphatic carbocycles. The predicted molar refractivity (Wildman–Crippen MR) is 73.8 cm³/mol. The summed E-state index contributed by atoms with van der Waals surface area (Å²) in [6, 6.07) is 6.47. The molecule has 1 saturated heterocycles. The minimum absolute atomic E-state index is 0.607. The Balaban J connectivity index is 2.28. The minimum Gasteiger partial charge on any atom is -0.378 e. The van der Waals surface area contributed by atoms with Crippen molar-refractivity contribution in [3.05, 3.63) is 23.8 Å². The van der Waals surface area contributed by atoms with Crippen molar-refractivity contribution in [1.82, 2.24) is 0 Å². The number of hydrogen-bond acceptors (Lipinski definition) is 4. The van der Waals surface area contributed by atoms with E-state index in [-0.39, 0.29) is 0 Å². The van der Waals surface area contributed by atoms with Crippen LogP contribution in [-0.2, 0) is 11.3 Å². The average Bonchev–Trinajstić information content (AvgIpc) is 2.40. The maximum Gasteiger partial charge on any atom is 0.0642 e. The number of hydrogen-bond donors (Lipinski definition) is 1. The Hall–Kier alpha value is -0.710. The summed E-state index contributed by atoms with van der Waals surface area (Å²) in [6.07, 6.45) is 0. The van der Waals surface area contributed by atoms with Crippen molar-refractivity contribution in [2.24, 2.45) is 5.73 Å². The zero-order valence-corrected chi connectivity index (χ0v) is 11.1. The molecule has 2 rings (SSSR count). The average molecular weight is 252 g/mol. The summed E-state index contributed by atoms with van der Waals surface area (Å²) in [5.41, 5.74) is 8.48. The maximum absolute atomic E-state index is 5.92. The third-order valence-electron chi connectivity index (χ3n) is 2.96. The molecule has 0 bridgehead atoms. The summed E-state index contributed by atoms with van der Waals surface area (Å²) in [4.78, 5) is 3.70. The molecule has 1 aromatic rings. The van der Waals surface area contributed by atoms with Crippen molar-refractivity contribution in [3.63, 3.8) is 0 Å². The fourth-order valence-electron chi connectivity index (χ4n) is 2.15. The summed E-state index contributed by atoms with van der Waals surface area (Å²) >= 11 is 1.87. The van der Waals surface area contributed by atoms with Crippen LogP contribution in [0.25, 0.3) is 0 Å². The quantitative estimate of drug-likeness (QED) is 0.833. The first-order valence-electron chi connectivity index (χ1n) is 6.14. The van der Waals surface area contributed by atoms with Crippen LogP contribution in [-0.4, -0.2) is 32.1 Å². The number of benzene rings is 1. The molecule has 3 nitrogen and oxygen atoms in total. The van der Waals surface area contributed by atoms with Crippen LogP contribution in [0.5, 0.6) is 0 Å². The van der Waals surface area contributed by atoms with Crippen LogP contribution in [0.3, 0.4) is 0 Å². The van der Waals surface area contributed by atoms with Gasteiger partial charge in [-0.2, -0.15) is 0 Å². The van der Waals surface area contributed by atoms with Crippen molar-refractivity contribution in [1.29, 1.82) is 0 Å². The Labute approximate surface area is 107 Å².